The number of nitrogens with two attached hydrogens (primary N) is 1. The van der Waals surface area contributed by atoms with E-state index in [1.807, 2.05) is 0 Å². The van der Waals surface area contributed by atoms with Gasteiger partial charge in [-0.15, -0.1) is 0 Å². The zero-order valence-electron chi connectivity index (χ0n) is 8.82. The van der Waals surface area contributed by atoms with Crippen molar-refractivity contribution >= 4 is 34.2 Å². The van der Waals surface area contributed by atoms with Gasteiger partial charge in [0.15, 0.2) is 0 Å². The highest BCUT2D eigenvalue weighted by Crippen LogP contribution is 2.32. The fraction of sp³-hybridized carbons (Fsp3) is 0.200. The fourth-order valence-corrected chi connectivity index (χ4v) is 1.79. The first-order chi connectivity index (χ1) is 7.54. The first-order valence-corrected chi connectivity index (χ1v) is 4.92. The van der Waals surface area contributed by atoms with Crippen LogP contribution in [0.2, 0.25) is 5.02 Å². The summed E-state index contributed by atoms with van der Waals surface area (Å²) in [5.74, 6) is -0.521. The Hall–Kier alpha value is -1.75. The zero-order chi connectivity index (χ0) is 11.9. The second kappa shape index (κ2) is 3.68. The third-order valence-electron chi connectivity index (χ3n) is 2.31. The summed E-state index contributed by atoms with van der Waals surface area (Å²) in [7, 11) is 3.06. The summed E-state index contributed by atoms with van der Waals surface area (Å²) < 4.78 is 6.22. The summed E-state index contributed by atoms with van der Waals surface area (Å²) in [5, 5.41) is 5.20. The standard InChI is InChI=1S/C10H10ClN3O2/c1-14-4-6-7(13-14)3-5(10(15)16-2)9(12)8(6)11/h3-4H,12H2,1-2H3. The molecule has 0 radical (unpaired) electrons. The molecule has 84 valence electrons. The summed E-state index contributed by atoms with van der Waals surface area (Å²) in [6.45, 7) is 0. The second-order valence-corrected chi connectivity index (χ2v) is 3.76. The molecule has 2 N–H and O–H groups in total. The van der Waals surface area contributed by atoms with Gasteiger partial charge in [-0.25, -0.2) is 4.79 Å². The largest absolute Gasteiger partial charge is 0.465 e. The van der Waals surface area contributed by atoms with Crippen molar-refractivity contribution in [1.29, 1.82) is 0 Å². The van der Waals surface area contributed by atoms with Crippen LogP contribution in [0.1, 0.15) is 10.4 Å². The molecule has 0 aliphatic rings. The number of anilines is 1. The van der Waals surface area contributed by atoms with Crippen molar-refractivity contribution in [3.05, 3.63) is 22.8 Å². The van der Waals surface area contributed by atoms with Gasteiger partial charge in [0.1, 0.15) is 0 Å². The van der Waals surface area contributed by atoms with Crippen molar-refractivity contribution in [1.82, 2.24) is 9.78 Å². The molecule has 2 aromatic rings. The van der Waals surface area contributed by atoms with E-state index in [1.165, 1.54) is 7.11 Å². The van der Waals surface area contributed by atoms with E-state index in [4.69, 9.17) is 17.3 Å². The molecule has 2 rings (SSSR count). The summed E-state index contributed by atoms with van der Waals surface area (Å²) in [5.41, 5.74) is 6.83. The summed E-state index contributed by atoms with van der Waals surface area (Å²) in [4.78, 5) is 11.4. The van der Waals surface area contributed by atoms with Crippen LogP contribution in [-0.2, 0) is 11.8 Å². The number of nitrogens with zero attached hydrogens (tertiary/aromatic N) is 2. The van der Waals surface area contributed by atoms with Gasteiger partial charge in [0, 0.05) is 18.6 Å². The molecule has 0 spiro atoms. The molecule has 0 saturated heterocycles. The lowest BCUT2D eigenvalue weighted by Gasteiger charge is -2.05. The van der Waals surface area contributed by atoms with Crippen LogP contribution in [0.3, 0.4) is 0 Å². The van der Waals surface area contributed by atoms with E-state index >= 15 is 0 Å². The number of fused-ring (bicyclic) bond motifs is 1. The van der Waals surface area contributed by atoms with E-state index in [2.05, 4.69) is 9.84 Å². The Kier molecular flexibility index (Phi) is 2.47. The summed E-state index contributed by atoms with van der Waals surface area (Å²) in [6.07, 6.45) is 1.75. The first-order valence-electron chi connectivity index (χ1n) is 4.54. The Morgan fingerprint density at radius 2 is 2.31 bits per heavy atom. The highest BCUT2D eigenvalue weighted by molar-refractivity contribution is 6.38. The highest BCUT2D eigenvalue weighted by atomic mass is 35.5. The van der Waals surface area contributed by atoms with Gasteiger partial charge in [0.25, 0.3) is 0 Å². The number of ether oxygens (including phenoxy) is 1. The predicted molar refractivity (Wildman–Crippen MR) is 61.5 cm³/mol. The van der Waals surface area contributed by atoms with Gasteiger partial charge in [0.2, 0.25) is 0 Å². The number of rotatable bonds is 1. The van der Waals surface area contributed by atoms with Crippen molar-refractivity contribution in [2.24, 2.45) is 7.05 Å². The molecule has 0 amide bonds. The Morgan fingerprint density at radius 3 is 2.94 bits per heavy atom. The number of hydrogen-bond donors (Lipinski definition) is 1. The fourth-order valence-electron chi connectivity index (χ4n) is 1.54. The van der Waals surface area contributed by atoms with E-state index < -0.39 is 5.97 Å². The Bertz CT molecular complexity index is 577. The lowest BCUT2D eigenvalue weighted by molar-refractivity contribution is 0.0602. The maximum atomic E-state index is 11.4. The van der Waals surface area contributed by atoms with Gasteiger partial charge in [-0.2, -0.15) is 5.10 Å². The second-order valence-electron chi connectivity index (χ2n) is 3.38. The summed E-state index contributed by atoms with van der Waals surface area (Å²) >= 11 is 6.06. The molecule has 0 bridgehead atoms. The van der Waals surface area contributed by atoms with E-state index in [0.29, 0.717) is 15.9 Å². The van der Waals surface area contributed by atoms with Crippen LogP contribution in [-0.4, -0.2) is 22.9 Å². The topological polar surface area (TPSA) is 70.1 Å². The maximum Gasteiger partial charge on any atom is 0.340 e. The molecule has 0 atom stereocenters. The average Bonchev–Trinajstić information content (AvgIpc) is 2.63. The van der Waals surface area contributed by atoms with Crippen LogP contribution in [0, 0.1) is 0 Å². The molecule has 16 heavy (non-hydrogen) atoms. The minimum absolute atomic E-state index is 0.217. The number of hydrogen-bond acceptors (Lipinski definition) is 4. The monoisotopic (exact) mass is 239 g/mol. The molecule has 5 nitrogen and oxygen atoms in total. The average molecular weight is 240 g/mol. The minimum Gasteiger partial charge on any atom is -0.465 e. The maximum absolute atomic E-state index is 11.4. The first kappa shape index (κ1) is 10.8. The van der Waals surface area contributed by atoms with E-state index in [0.717, 1.165) is 0 Å². The Morgan fingerprint density at radius 1 is 1.62 bits per heavy atom. The lowest BCUT2D eigenvalue weighted by Crippen LogP contribution is -2.06. The molecular weight excluding hydrogens is 230 g/mol. The number of halogens is 1. The smallest absolute Gasteiger partial charge is 0.340 e. The van der Waals surface area contributed by atoms with E-state index in [1.54, 1.807) is 24.0 Å². The Balaban J connectivity index is 2.77. The molecule has 1 heterocycles. The summed E-state index contributed by atoms with van der Waals surface area (Å²) in [6, 6.07) is 1.57. The number of aryl methyl sites for hydroxylation is 1. The molecular formula is C10H10ClN3O2. The molecule has 0 aliphatic carbocycles. The third kappa shape index (κ3) is 1.49. The molecule has 1 aromatic heterocycles. The van der Waals surface area contributed by atoms with E-state index in [9.17, 15) is 4.79 Å². The molecule has 1 aromatic carbocycles. The molecule has 0 aliphatic heterocycles. The van der Waals surface area contributed by atoms with Crippen LogP contribution in [0.5, 0.6) is 0 Å². The van der Waals surface area contributed by atoms with Gasteiger partial charge < -0.3 is 10.5 Å². The number of aromatic nitrogens is 2. The van der Waals surface area contributed by atoms with Gasteiger partial charge in [-0.05, 0) is 6.07 Å². The number of benzene rings is 1. The number of carbonyl (C=O) groups excluding carboxylic acids is 1. The van der Waals surface area contributed by atoms with Crippen molar-refractivity contribution in [2.45, 2.75) is 0 Å². The van der Waals surface area contributed by atoms with Gasteiger partial charge in [-0.3, -0.25) is 4.68 Å². The van der Waals surface area contributed by atoms with Crippen molar-refractivity contribution in [3.63, 3.8) is 0 Å². The SMILES string of the molecule is COC(=O)c1cc2nn(C)cc2c(Cl)c1N. The molecule has 0 unspecified atom stereocenters. The van der Waals surface area contributed by atoms with Gasteiger partial charge >= 0.3 is 5.97 Å². The molecule has 6 heteroatoms. The minimum atomic E-state index is -0.521. The molecule has 0 fully saturated rings. The van der Waals surface area contributed by atoms with Crippen LogP contribution in [0.15, 0.2) is 12.3 Å². The van der Waals surface area contributed by atoms with E-state index in [-0.39, 0.29) is 11.3 Å². The highest BCUT2D eigenvalue weighted by Gasteiger charge is 2.17. The molecule has 0 saturated carbocycles. The van der Waals surface area contributed by atoms with Crippen LogP contribution >= 0.6 is 11.6 Å². The quantitative estimate of drug-likeness (QED) is 0.606. The van der Waals surface area contributed by atoms with Crippen LogP contribution in [0.25, 0.3) is 10.9 Å². The van der Waals surface area contributed by atoms with Gasteiger partial charge in [-0.1, -0.05) is 11.6 Å². The van der Waals surface area contributed by atoms with Gasteiger partial charge in [0.05, 0.1) is 28.9 Å². The predicted octanol–water partition coefficient (Wildman–Crippen LogP) is 1.60. The number of carbonyl (C=O) groups is 1. The number of methoxy groups -OCH3 is 1. The van der Waals surface area contributed by atoms with Crippen molar-refractivity contribution in [3.8, 4) is 0 Å². The van der Waals surface area contributed by atoms with Crippen molar-refractivity contribution < 1.29 is 9.53 Å². The number of esters is 1. The number of nitrogen functional groups attached to an aromatic ring is 1. The van der Waals surface area contributed by atoms with Crippen molar-refractivity contribution in [2.75, 3.05) is 12.8 Å². The van der Waals surface area contributed by atoms with Crippen LogP contribution in [0.4, 0.5) is 5.69 Å². The normalized spacial score (nSPS) is 10.7. The zero-order valence-corrected chi connectivity index (χ0v) is 9.58. The third-order valence-corrected chi connectivity index (χ3v) is 2.71. The van der Waals surface area contributed by atoms with Crippen LogP contribution < -0.4 is 5.73 Å². The lowest BCUT2D eigenvalue weighted by atomic mass is 10.1. The Labute approximate surface area is 96.7 Å².